The van der Waals surface area contributed by atoms with E-state index in [4.69, 9.17) is 5.11 Å². The molecule has 0 saturated carbocycles. The molecule has 0 aliphatic heterocycles. The second kappa shape index (κ2) is 4.86. The highest BCUT2D eigenvalue weighted by Gasteiger charge is 1.94. The van der Waals surface area contributed by atoms with Crippen LogP contribution in [0.3, 0.4) is 0 Å². The van der Waals surface area contributed by atoms with Crippen LogP contribution in [0.15, 0.2) is 36.6 Å². The van der Waals surface area contributed by atoms with Gasteiger partial charge in [-0.25, -0.2) is 0 Å². The second-order valence-corrected chi connectivity index (χ2v) is 2.07. The van der Waals surface area contributed by atoms with Crippen LogP contribution in [0, 0.1) is 0 Å². The van der Waals surface area contributed by atoms with Gasteiger partial charge in [0.15, 0.2) is 0 Å². The molecule has 0 aromatic heterocycles. The number of rotatable bonds is 4. The van der Waals surface area contributed by atoms with Crippen LogP contribution in [0.2, 0.25) is 0 Å². The van der Waals surface area contributed by atoms with Gasteiger partial charge in [-0.15, -0.1) is 0 Å². The fraction of sp³-hybridized carbons (Fsp3) is 0.333. The summed E-state index contributed by atoms with van der Waals surface area (Å²) in [6, 6.07) is 0. The van der Waals surface area contributed by atoms with Crippen molar-refractivity contribution in [3.63, 3.8) is 0 Å². The van der Waals surface area contributed by atoms with Gasteiger partial charge in [0.25, 0.3) is 0 Å². The summed E-state index contributed by atoms with van der Waals surface area (Å²) in [6.45, 7) is 9.09. The average molecular weight is 138 g/mol. The van der Waals surface area contributed by atoms with Crippen molar-refractivity contribution in [3.8, 4) is 0 Å². The number of allylic oxidation sites excluding steroid dienone is 3. The maximum absolute atomic E-state index is 9.14. The van der Waals surface area contributed by atoms with Gasteiger partial charge in [0.2, 0.25) is 0 Å². The Labute approximate surface area is 62.4 Å². The highest BCUT2D eigenvalue weighted by atomic mass is 16.3. The van der Waals surface area contributed by atoms with Crippen LogP contribution in [-0.2, 0) is 0 Å². The molecule has 10 heavy (non-hydrogen) atoms. The van der Waals surface area contributed by atoms with Crippen LogP contribution in [0.1, 0.15) is 19.8 Å². The van der Waals surface area contributed by atoms with Gasteiger partial charge in [0, 0.05) is 0 Å². The predicted octanol–water partition coefficient (Wildman–Crippen LogP) is 2.97. The molecule has 0 aromatic rings. The first-order valence-corrected chi connectivity index (χ1v) is 3.43. The van der Waals surface area contributed by atoms with Crippen molar-refractivity contribution in [2.24, 2.45) is 0 Å². The lowest BCUT2D eigenvalue weighted by molar-refractivity contribution is 0.425. The molecular weight excluding hydrogens is 124 g/mol. The summed E-state index contributed by atoms with van der Waals surface area (Å²) < 4.78 is 0. The van der Waals surface area contributed by atoms with Crippen molar-refractivity contribution in [2.45, 2.75) is 19.8 Å². The average Bonchev–Trinajstić information content (AvgIpc) is 1.99. The van der Waals surface area contributed by atoms with Crippen molar-refractivity contribution in [1.82, 2.24) is 0 Å². The first-order valence-electron chi connectivity index (χ1n) is 3.43. The van der Waals surface area contributed by atoms with E-state index in [9.17, 15) is 0 Å². The summed E-state index contributed by atoms with van der Waals surface area (Å²) >= 11 is 0. The minimum absolute atomic E-state index is 0.247. The zero-order chi connectivity index (χ0) is 7.98. The Bertz CT molecular complexity index is 154. The summed E-state index contributed by atoms with van der Waals surface area (Å²) in [5.74, 6) is 0.247. The topological polar surface area (TPSA) is 20.2 Å². The standard InChI is InChI=1S/C9H14O/c1-4-7-8(5-2)9(10)6-3/h5-6,10H,2-4,7H2,1H3/b9-8-. The first-order chi connectivity index (χ1) is 4.76. The molecule has 0 amide bonds. The number of hydrogen-bond acceptors (Lipinski definition) is 1. The zero-order valence-electron chi connectivity index (χ0n) is 6.43. The van der Waals surface area contributed by atoms with Crippen molar-refractivity contribution >= 4 is 0 Å². The van der Waals surface area contributed by atoms with E-state index in [2.05, 4.69) is 20.1 Å². The van der Waals surface area contributed by atoms with E-state index in [-0.39, 0.29) is 5.76 Å². The molecule has 56 valence electrons. The van der Waals surface area contributed by atoms with Crippen molar-refractivity contribution in [1.29, 1.82) is 0 Å². The fourth-order valence-corrected chi connectivity index (χ4v) is 0.735. The number of aliphatic hydroxyl groups is 1. The summed E-state index contributed by atoms with van der Waals surface area (Å²) in [6.07, 6.45) is 4.98. The Hall–Kier alpha value is -0.980. The molecule has 0 fully saturated rings. The van der Waals surface area contributed by atoms with E-state index >= 15 is 0 Å². The summed E-state index contributed by atoms with van der Waals surface area (Å²) in [5, 5.41) is 9.14. The molecule has 0 aliphatic rings. The summed E-state index contributed by atoms with van der Waals surface area (Å²) in [7, 11) is 0. The SMILES string of the molecule is C=C/C(O)=C(\C=C)CCC. The van der Waals surface area contributed by atoms with Gasteiger partial charge in [0.1, 0.15) is 5.76 Å². The van der Waals surface area contributed by atoms with Gasteiger partial charge in [-0.3, -0.25) is 0 Å². The van der Waals surface area contributed by atoms with Crippen LogP contribution in [0.25, 0.3) is 0 Å². The molecule has 1 N–H and O–H groups in total. The van der Waals surface area contributed by atoms with Crippen molar-refractivity contribution < 1.29 is 5.11 Å². The molecule has 0 spiro atoms. The highest BCUT2D eigenvalue weighted by molar-refractivity contribution is 5.25. The molecule has 1 heteroatoms. The van der Waals surface area contributed by atoms with E-state index in [0.29, 0.717) is 0 Å². The fourth-order valence-electron chi connectivity index (χ4n) is 0.735. The van der Waals surface area contributed by atoms with Gasteiger partial charge < -0.3 is 5.11 Å². The smallest absolute Gasteiger partial charge is 0.118 e. The van der Waals surface area contributed by atoms with E-state index in [1.165, 1.54) is 6.08 Å². The third-order valence-corrected chi connectivity index (χ3v) is 1.29. The molecule has 0 bridgehead atoms. The van der Waals surface area contributed by atoms with Gasteiger partial charge in [-0.05, 0) is 18.1 Å². The van der Waals surface area contributed by atoms with E-state index < -0.39 is 0 Å². The maximum Gasteiger partial charge on any atom is 0.118 e. The van der Waals surface area contributed by atoms with E-state index in [0.717, 1.165) is 18.4 Å². The molecule has 0 unspecified atom stereocenters. The van der Waals surface area contributed by atoms with Crippen molar-refractivity contribution in [2.75, 3.05) is 0 Å². The molecule has 0 aliphatic carbocycles. The minimum Gasteiger partial charge on any atom is -0.508 e. The largest absolute Gasteiger partial charge is 0.508 e. The third kappa shape index (κ3) is 2.53. The predicted molar refractivity (Wildman–Crippen MR) is 45.0 cm³/mol. The van der Waals surface area contributed by atoms with Crippen LogP contribution in [-0.4, -0.2) is 5.11 Å². The third-order valence-electron chi connectivity index (χ3n) is 1.29. The molecule has 0 atom stereocenters. The van der Waals surface area contributed by atoms with E-state index in [1.54, 1.807) is 6.08 Å². The lowest BCUT2D eigenvalue weighted by atomic mass is 10.1. The van der Waals surface area contributed by atoms with Crippen LogP contribution in [0.5, 0.6) is 0 Å². The Morgan fingerprint density at radius 2 is 2.00 bits per heavy atom. The first kappa shape index (κ1) is 9.02. The van der Waals surface area contributed by atoms with Gasteiger partial charge in [-0.2, -0.15) is 0 Å². The molecule has 0 radical (unpaired) electrons. The Morgan fingerprint density at radius 3 is 2.30 bits per heavy atom. The Balaban J connectivity index is 4.28. The van der Waals surface area contributed by atoms with Crippen molar-refractivity contribution in [3.05, 3.63) is 36.6 Å². The molecular formula is C9H14O. The summed E-state index contributed by atoms with van der Waals surface area (Å²) in [5.41, 5.74) is 0.873. The molecule has 0 rings (SSSR count). The quantitative estimate of drug-likeness (QED) is 0.467. The number of aliphatic hydroxyl groups excluding tert-OH is 1. The lowest BCUT2D eigenvalue weighted by Gasteiger charge is -1.99. The zero-order valence-corrected chi connectivity index (χ0v) is 6.43. The highest BCUT2D eigenvalue weighted by Crippen LogP contribution is 2.10. The van der Waals surface area contributed by atoms with Gasteiger partial charge in [-0.1, -0.05) is 32.6 Å². The molecule has 0 heterocycles. The minimum atomic E-state index is 0.247. The second-order valence-electron chi connectivity index (χ2n) is 2.07. The van der Waals surface area contributed by atoms with Gasteiger partial charge in [0.05, 0.1) is 0 Å². The monoisotopic (exact) mass is 138 g/mol. The van der Waals surface area contributed by atoms with Crippen LogP contribution in [0.4, 0.5) is 0 Å². The number of hydrogen-bond donors (Lipinski definition) is 1. The molecule has 0 aromatic carbocycles. The van der Waals surface area contributed by atoms with Gasteiger partial charge >= 0.3 is 0 Å². The summed E-state index contributed by atoms with van der Waals surface area (Å²) in [4.78, 5) is 0. The van der Waals surface area contributed by atoms with Crippen LogP contribution < -0.4 is 0 Å². The molecule has 0 saturated heterocycles. The van der Waals surface area contributed by atoms with E-state index in [1.807, 2.05) is 0 Å². The van der Waals surface area contributed by atoms with Crippen LogP contribution >= 0.6 is 0 Å². The normalized spacial score (nSPS) is 12.1. The Morgan fingerprint density at radius 1 is 1.40 bits per heavy atom. The maximum atomic E-state index is 9.14. The molecule has 1 nitrogen and oxygen atoms in total. The Kier molecular flexibility index (Phi) is 4.38. The lowest BCUT2D eigenvalue weighted by Crippen LogP contribution is -1.84.